The molecule has 0 saturated carbocycles. The average molecular weight is 1640 g/mol. The van der Waals surface area contributed by atoms with Crippen molar-refractivity contribution in [2.45, 2.75) is 89.4 Å². The number of rotatable bonds is 28. The van der Waals surface area contributed by atoms with E-state index in [-0.39, 0.29) is 37.5 Å². The van der Waals surface area contributed by atoms with Crippen LogP contribution in [-0.2, 0) is 57.8 Å². The van der Waals surface area contributed by atoms with Crippen LogP contribution in [0.3, 0.4) is 0 Å². The van der Waals surface area contributed by atoms with Crippen molar-refractivity contribution in [2.75, 3.05) is 25.6 Å². The van der Waals surface area contributed by atoms with Crippen LogP contribution in [0.5, 0.6) is 5.75 Å². The van der Waals surface area contributed by atoms with Crippen LogP contribution in [-0.4, -0.2) is 126 Å². The maximum absolute atomic E-state index is 13.9. The second-order valence-corrected chi connectivity index (χ2v) is 28.6. The third-order valence-electron chi connectivity index (χ3n) is 21.1. The van der Waals surface area contributed by atoms with Gasteiger partial charge in [-0.1, -0.05) is 30.3 Å². The summed E-state index contributed by atoms with van der Waals surface area (Å²) in [6.07, 6.45) is 42.1. The summed E-state index contributed by atoms with van der Waals surface area (Å²) in [5, 5.41) is 11.6. The van der Waals surface area contributed by atoms with Gasteiger partial charge in [0.25, 0.3) is 11.9 Å². The summed E-state index contributed by atoms with van der Waals surface area (Å²) in [6, 6.07) is 57.3. The Kier molecular flexibility index (Phi) is 31.5. The normalized spacial score (nSPS) is 13.8. The zero-order valence-corrected chi connectivity index (χ0v) is 68.2. The minimum absolute atomic E-state index is 0.116. The van der Waals surface area contributed by atoms with Crippen LogP contribution in [0.15, 0.2) is 324 Å². The summed E-state index contributed by atoms with van der Waals surface area (Å²) in [6.45, 7) is 9.73. The van der Waals surface area contributed by atoms with Crippen LogP contribution in [0.4, 0.5) is 15.3 Å². The third-order valence-corrected chi connectivity index (χ3v) is 21.1. The molecule has 0 spiro atoms. The fourth-order valence-corrected chi connectivity index (χ4v) is 14.4. The zero-order chi connectivity index (χ0) is 85.9. The van der Waals surface area contributed by atoms with Gasteiger partial charge in [-0.3, -0.25) is 89.5 Å². The first kappa shape index (κ1) is 87.1. The number of aromatic amines is 1. The molecule has 618 valence electrons. The minimum atomic E-state index is -1.40. The van der Waals surface area contributed by atoms with Crippen molar-refractivity contribution in [3.63, 3.8) is 0 Å². The number of ether oxygens (including phenoxy) is 1. The first-order valence-corrected chi connectivity index (χ1v) is 40.1. The molecule has 27 nitrogen and oxygen atoms in total. The number of hydrogen-bond acceptors (Lipinski definition) is 21. The lowest BCUT2D eigenvalue weighted by molar-refractivity contribution is -0.153. The molecule has 5 N–H and O–H groups in total. The number of urea groups is 2. The highest BCUT2D eigenvalue weighted by atomic mass is 16.5. The Hall–Kier alpha value is -15.3. The summed E-state index contributed by atoms with van der Waals surface area (Å²) in [7, 11) is 3.94. The summed E-state index contributed by atoms with van der Waals surface area (Å²) in [5.41, 5.74) is 11.8. The lowest BCUT2D eigenvalue weighted by atomic mass is 9.74. The number of pyridine rings is 11. The molecule has 2 aliphatic heterocycles. The average Bonchev–Trinajstić information content (AvgIpc) is 1.38. The van der Waals surface area contributed by atoms with E-state index in [2.05, 4.69) is 85.9 Å². The van der Waals surface area contributed by atoms with E-state index in [1.165, 1.54) is 11.1 Å². The van der Waals surface area contributed by atoms with Gasteiger partial charge in [-0.15, -0.1) is 0 Å². The van der Waals surface area contributed by atoms with Crippen LogP contribution in [0, 0.1) is 17.4 Å². The van der Waals surface area contributed by atoms with Gasteiger partial charge in [-0.05, 0) is 275 Å². The van der Waals surface area contributed by atoms with Crippen molar-refractivity contribution < 1.29 is 33.5 Å². The molecule has 0 bridgehead atoms. The van der Waals surface area contributed by atoms with Crippen molar-refractivity contribution in [1.29, 1.82) is 0 Å². The second kappa shape index (κ2) is 44.5. The second-order valence-electron chi connectivity index (χ2n) is 28.6. The van der Waals surface area contributed by atoms with E-state index in [1.807, 2.05) is 210 Å². The molecule has 2 aliphatic rings. The summed E-state index contributed by atoms with van der Waals surface area (Å²) in [4.78, 5) is 138. The van der Waals surface area contributed by atoms with Crippen molar-refractivity contribution in [3.8, 4) is 39.7 Å². The zero-order valence-electron chi connectivity index (χ0n) is 68.2. The van der Waals surface area contributed by atoms with Gasteiger partial charge < -0.3 is 25.2 Å². The Morgan fingerprint density at radius 1 is 0.398 bits per heavy atom. The molecule has 14 heterocycles. The molecular formula is C96H92N20O7. The van der Waals surface area contributed by atoms with Gasteiger partial charge in [0, 0.05) is 159 Å². The van der Waals surface area contributed by atoms with E-state index in [1.54, 1.807) is 136 Å². The highest BCUT2D eigenvalue weighted by Crippen LogP contribution is 2.40. The molecule has 8 amide bonds. The van der Waals surface area contributed by atoms with Gasteiger partial charge >= 0.3 is 12.1 Å². The number of likely N-dealkylation sites (N-methyl/N-ethyl adjacent to an activating group) is 2. The quantitative estimate of drug-likeness (QED) is 0.0225. The molecule has 27 heteroatoms. The Morgan fingerprint density at radius 3 is 1.15 bits per heavy atom. The monoisotopic (exact) mass is 1640 g/mol. The number of carbonyl (C=O) groups is 6. The number of imide groups is 4. The molecule has 14 aromatic rings. The van der Waals surface area contributed by atoms with E-state index in [9.17, 15) is 28.8 Å². The third kappa shape index (κ3) is 23.4. The largest absolute Gasteiger partial charge is 0.494 e. The molecule has 3 atom stereocenters. The number of amides is 8. The van der Waals surface area contributed by atoms with Gasteiger partial charge in [0.15, 0.2) is 0 Å². The van der Waals surface area contributed by atoms with Crippen molar-refractivity contribution in [3.05, 3.63) is 386 Å². The molecule has 2 saturated heterocycles. The van der Waals surface area contributed by atoms with E-state index in [0.717, 1.165) is 89.1 Å². The summed E-state index contributed by atoms with van der Waals surface area (Å²) in [5.74, 6) is -0.612. The van der Waals surface area contributed by atoms with Crippen LogP contribution >= 0.6 is 0 Å². The first-order chi connectivity index (χ1) is 60.3. The Labute approximate surface area is 713 Å². The fraction of sp³-hybridized carbons (Fsp3) is 0.198. The first-order valence-electron chi connectivity index (χ1n) is 40.1. The Morgan fingerprint density at radius 2 is 0.756 bits per heavy atom. The van der Waals surface area contributed by atoms with Gasteiger partial charge in [-0.2, -0.15) is 0 Å². The maximum atomic E-state index is 13.9. The van der Waals surface area contributed by atoms with Crippen molar-refractivity contribution in [2.24, 2.45) is 10.8 Å². The molecule has 0 aliphatic carbocycles. The standard InChI is InChI=1S/C26H26N4O4.C25H24N4O3.C18H13N5.C14H18N4.C13H11N3/c1-2-34-22-5-3-21(4-6-22)30-24(32)26(23(31)29-25(30)33,13-7-19-9-15-27-16-10-19)14-8-20-11-17-28-18-12-20;30-22-25(12-6-19-8-14-26-15-9-19,13-7-20-10-16-27-17-11-20)23(31)29(24(32)28-22)18-21-4-2-1-3-5-21;1-7-19-8-2-13(1)16-17(14-3-9-20-10-4-14)23-18(22-16)15-5-11-21-12-6-15;1-15-13(11-3-7-17-8-4-11)14(16-2)12-5-9-18-10-6-12;1-14-13(12-4-8-16-9-5-12)10-11-2-6-15-7-3-11/h3-6,9-12,15-18H,2,7-8,13-14H2,1H3,(H,29,31,33);1-5,8-11,14-17H,6-7,12-13,18H2,(H,28,30,32);1-12H,(H,22,23);3-10,13-16H,1-2H3;2-9,13H,10H2. The van der Waals surface area contributed by atoms with Crippen LogP contribution in [0.2, 0.25) is 0 Å². The molecular weight excluding hydrogens is 1550 g/mol. The van der Waals surface area contributed by atoms with E-state index >= 15 is 0 Å². The smallest absolute Gasteiger partial charge is 0.335 e. The predicted octanol–water partition coefficient (Wildman–Crippen LogP) is 15.0. The Bertz CT molecular complexity index is 5490. The molecule has 123 heavy (non-hydrogen) atoms. The van der Waals surface area contributed by atoms with Crippen LogP contribution in [0.1, 0.15) is 101 Å². The number of hydrogen-bond donors (Lipinski definition) is 5. The molecule has 16 rings (SSSR count). The van der Waals surface area contributed by atoms with Gasteiger partial charge in [0.2, 0.25) is 17.7 Å². The number of benzene rings is 2. The highest BCUT2D eigenvalue weighted by molar-refractivity contribution is 6.30. The number of H-pyrrole nitrogens is 1. The lowest BCUT2D eigenvalue weighted by Crippen LogP contribution is -2.64. The van der Waals surface area contributed by atoms with E-state index in [0.29, 0.717) is 56.6 Å². The Balaban J connectivity index is 0.000000144. The summed E-state index contributed by atoms with van der Waals surface area (Å²) < 4.78 is 5.47. The number of aromatic nitrogens is 13. The number of aryl methyl sites for hydroxylation is 4. The predicted molar refractivity (Wildman–Crippen MR) is 466 cm³/mol. The number of anilines is 1. The summed E-state index contributed by atoms with van der Waals surface area (Å²) >= 11 is 0. The number of carbonyl (C=O) groups excluding carboxylic acids is 6. The maximum Gasteiger partial charge on any atom is 0.335 e. The van der Waals surface area contributed by atoms with Crippen molar-refractivity contribution >= 4 is 41.4 Å². The highest BCUT2D eigenvalue weighted by Gasteiger charge is 2.55. The number of nitrogens with zero attached hydrogens (tertiary/aromatic N) is 15. The number of imidazole rings is 1. The molecule has 0 radical (unpaired) electrons. The van der Waals surface area contributed by atoms with E-state index < -0.39 is 46.5 Å². The molecule has 3 unspecified atom stereocenters. The topological polar surface area (TPSA) is 341 Å². The number of barbiturate groups is 2. The van der Waals surface area contributed by atoms with Gasteiger partial charge in [0.05, 0.1) is 48.7 Å². The van der Waals surface area contributed by atoms with Crippen LogP contribution in [0.25, 0.3) is 38.7 Å². The molecule has 2 fully saturated rings. The molecule has 2 aromatic carbocycles. The number of nitrogens with one attached hydrogen (secondary N) is 5. The fourth-order valence-electron chi connectivity index (χ4n) is 14.4. The molecule has 12 aromatic heterocycles. The van der Waals surface area contributed by atoms with Crippen LogP contribution < -0.4 is 30.9 Å². The van der Waals surface area contributed by atoms with Gasteiger partial charge in [-0.25, -0.2) is 26.0 Å². The lowest BCUT2D eigenvalue weighted by Gasteiger charge is -2.39. The SMILES string of the molecule is CCOc1ccc(N2C(=O)NC(=O)C(CCc3ccncc3)(CCc3ccncc3)C2=O)cc1.CNC(c1ccncc1)C(NC)c1ccncc1.O=C1NC(=O)C(CCc2ccncc2)(CCc2ccncc2)C(=O)N1Cc1ccccc1.[C-]#[N+]C(Cc1ccncc1)c1ccncc1.c1cc(-c2nc(-c3ccncc3)c(-c3ccncc3)[nH]2)ccn1. The minimum Gasteiger partial charge on any atom is -0.494 e. The van der Waals surface area contributed by atoms with Crippen molar-refractivity contribution in [1.82, 2.24) is 91.0 Å². The van der Waals surface area contributed by atoms with Gasteiger partial charge in [0.1, 0.15) is 22.4 Å². The van der Waals surface area contributed by atoms with E-state index in [4.69, 9.17) is 16.3 Å².